The second-order valence-electron chi connectivity index (χ2n) is 6.06. The van der Waals surface area contributed by atoms with Gasteiger partial charge in [0, 0.05) is 5.69 Å². The number of hydrogen-bond donors (Lipinski definition) is 1. The highest BCUT2D eigenvalue weighted by Gasteiger charge is 2.20. The summed E-state index contributed by atoms with van der Waals surface area (Å²) in [7, 11) is 0. The predicted octanol–water partition coefficient (Wildman–Crippen LogP) is 3.27. The molecule has 3 aromatic rings. The van der Waals surface area contributed by atoms with Crippen LogP contribution in [0.2, 0.25) is 0 Å². The molecule has 7 nitrogen and oxygen atoms in total. The van der Waals surface area contributed by atoms with Gasteiger partial charge in [-0.1, -0.05) is 36.0 Å². The standard InChI is InChI=1S/C19H18N6OS/c1-12-6-4-7-13(2)17(12)25-19(22-23-24-25)27-14(3)18(26)21-16-9-5-8-15(10-16)11-20/h4-10,14H,1-3H3,(H,21,26)/t14-/m0/s1. The number of nitrogens with one attached hydrogen (secondary N) is 1. The van der Waals surface area contributed by atoms with E-state index in [0.29, 0.717) is 16.4 Å². The van der Waals surface area contributed by atoms with Crippen molar-refractivity contribution in [3.8, 4) is 11.8 Å². The number of rotatable bonds is 5. The van der Waals surface area contributed by atoms with Crippen LogP contribution in [0, 0.1) is 25.2 Å². The highest BCUT2D eigenvalue weighted by atomic mass is 32.2. The molecule has 1 N–H and O–H groups in total. The van der Waals surface area contributed by atoms with Crippen molar-refractivity contribution < 1.29 is 4.79 Å². The SMILES string of the molecule is Cc1cccc(C)c1-n1nnnc1S[C@@H](C)C(=O)Nc1cccc(C#N)c1. The van der Waals surface area contributed by atoms with Crippen LogP contribution in [-0.4, -0.2) is 31.4 Å². The lowest BCUT2D eigenvalue weighted by Gasteiger charge is -2.14. The van der Waals surface area contributed by atoms with Crippen molar-refractivity contribution in [3.05, 3.63) is 59.2 Å². The van der Waals surface area contributed by atoms with Crippen LogP contribution < -0.4 is 5.32 Å². The Morgan fingerprint density at radius 1 is 1.22 bits per heavy atom. The molecule has 0 aliphatic heterocycles. The summed E-state index contributed by atoms with van der Waals surface area (Å²) in [4.78, 5) is 12.5. The smallest absolute Gasteiger partial charge is 0.237 e. The minimum absolute atomic E-state index is 0.189. The van der Waals surface area contributed by atoms with Crippen LogP contribution in [-0.2, 0) is 4.79 Å². The first-order valence-corrected chi connectivity index (χ1v) is 9.20. The summed E-state index contributed by atoms with van der Waals surface area (Å²) >= 11 is 1.28. The molecule has 1 aromatic heterocycles. The molecular formula is C19H18N6OS. The van der Waals surface area contributed by atoms with E-state index in [9.17, 15) is 4.79 Å². The first-order chi connectivity index (χ1) is 13.0. The quantitative estimate of drug-likeness (QED) is 0.685. The number of aryl methyl sites for hydroxylation is 2. The van der Waals surface area contributed by atoms with E-state index in [-0.39, 0.29) is 5.91 Å². The average Bonchev–Trinajstić information content (AvgIpc) is 3.09. The Balaban J connectivity index is 1.77. The fraction of sp³-hybridized carbons (Fsp3) is 0.211. The van der Waals surface area contributed by atoms with Crippen LogP contribution in [0.15, 0.2) is 47.6 Å². The number of nitriles is 1. The fourth-order valence-electron chi connectivity index (χ4n) is 2.65. The lowest BCUT2D eigenvalue weighted by molar-refractivity contribution is -0.115. The molecule has 3 rings (SSSR count). The summed E-state index contributed by atoms with van der Waals surface area (Å²) in [6.07, 6.45) is 0. The molecule has 0 spiro atoms. The van der Waals surface area contributed by atoms with Crippen LogP contribution in [0.5, 0.6) is 0 Å². The van der Waals surface area contributed by atoms with E-state index >= 15 is 0 Å². The number of carbonyl (C=O) groups excluding carboxylic acids is 1. The normalized spacial score (nSPS) is 11.6. The van der Waals surface area contributed by atoms with Gasteiger partial charge in [0.25, 0.3) is 0 Å². The Kier molecular flexibility index (Phi) is 5.52. The number of hydrogen-bond acceptors (Lipinski definition) is 6. The van der Waals surface area contributed by atoms with Gasteiger partial charge in [-0.2, -0.15) is 9.94 Å². The van der Waals surface area contributed by atoms with E-state index in [1.165, 1.54) is 11.8 Å². The first kappa shape index (κ1) is 18.6. The van der Waals surface area contributed by atoms with Crippen molar-refractivity contribution in [2.45, 2.75) is 31.2 Å². The molecule has 2 aromatic carbocycles. The summed E-state index contributed by atoms with van der Waals surface area (Å²) in [5.74, 6) is -0.189. The van der Waals surface area contributed by atoms with Gasteiger partial charge in [-0.15, -0.1) is 5.10 Å². The lowest BCUT2D eigenvalue weighted by Crippen LogP contribution is -2.23. The molecule has 0 saturated carbocycles. The maximum Gasteiger partial charge on any atom is 0.237 e. The number of amides is 1. The molecule has 0 aliphatic rings. The number of tetrazole rings is 1. The molecule has 1 amide bonds. The molecule has 136 valence electrons. The summed E-state index contributed by atoms with van der Waals surface area (Å²) in [6, 6.07) is 14.8. The average molecular weight is 378 g/mol. The monoisotopic (exact) mass is 378 g/mol. The minimum Gasteiger partial charge on any atom is -0.325 e. The second kappa shape index (κ2) is 8.01. The van der Waals surface area contributed by atoms with Crippen molar-refractivity contribution >= 4 is 23.4 Å². The summed E-state index contributed by atoms with van der Waals surface area (Å²) in [6.45, 7) is 5.78. The van der Waals surface area contributed by atoms with Gasteiger partial charge in [0.1, 0.15) is 0 Å². The van der Waals surface area contributed by atoms with E-state index in [4.69, 9.17) is 5.26 Å². The van der Waals surface area contributed by atoms with Crippen molar-refractivity contribution in [2.24, 2.45) is 0 Å². The fourth-order valence-corrected chi connectivity index (χ4v) is 3.45. The highest BCUT2D eigenvalue weighted by molar-refractivity contribution is 8.00. The first-order valence-electron chi connectivity index (χ1n) is 8.32. The number of carbonyl (C=O) groups is 1. The van der Waals surface area contributed by atoms with Crippen LogP contribution in [0.25, 0.3) is 5.69 Å². The van der Waals surface area contributed by atoms with E-state index in [0.717, 1.165) is 16.8 Å². The summed E-state index contributed by atoms with van der Waals surface area (Å²) in [5, 5.41) is 23.8. The van der Waals surface area contributed by atoms with E-state index in [2.05, 4.69) is 26.9 Å². The van der Waals surface area contributed by atoms with Crippen molar-refractivity contribution in [2.75, 3.05) is 5.32 Å². The molecule has 1 atom stereocenters. The molecule has 0 aliphatic carbocycles. The topological polar surface area (TPSA) is 96.5 Å². The second-order valence-corrected chi connectivity index (χ2v) is 7.36. The Hall–Kier alpha value is -3.18. The van der Waals surface area contributed by atoms with Gasteiger partial charge in [-0.3, -0.25) is 4.79 Å². The van der Waals surface area contributed by atoms with E-state index < -0.39 is 5.25 Å². The maximum absolute atomic E-state index is 12.5. The van der Waals surface area contributed by atoms with Crippen molar-refractivity contribution in [1.29, 1.82) is 5.26 Å². The molecule has 8 heteroatoms. The number of aromatic nitrogens is 4. The predicted molar refractivity (Wildman–Crippen MR) is 104 cm³/mol. The number of para-hydroxylation sites is 1. The molecule has 1 heterocycles. The Bertz CT molecular complexity index is 1000. The molecule has 0 radical (unpaired) electrons. The lowest BCUT2D eigenvalue weighted by atomic mass is 10.1. The largest absolute Gasteiger partial charge is 0.325 e. The van der Waals surface area contributed by atoms with E-state index in [1.807, 2.05) is 32.0 Å². The molecule has 0 bridgehead atoms. The van der Waals surface area contributed by atoms with Gasteiger partial charge in [0.05, 0.1) is 22.6 Å². The van der Waals surface area contributed by atoms with Gasteiger partial charge in [0.15, 0.2) is 0 Å². The van der Waals surface area contributed by atoms with Crippen LogP contribution in [0.1, 0.15) is 23.6 Å². The number of thioether (sulfide) groups is 1. The molecule has 0 fully saturated rings. The van der Waals surface area contributed by atoms with Gasteiger partial charge in [-0.25, -0.2) is 0 Å². The summed E-state index contributed by atoms with van der Waals surface area (Å²) in [5.41, 5.74) is 4.09. The number of nitrogens with zero attached hydrogens (tertiary/aromatic N) is 5. The number of anilines is 1. The van der Waals surface area contributed by atoms with Gasteiger partial charge in [0.2, 0.25) is 11.1 Å². The molecule has 0 unspecified atom stereocenters. The van der Waals surface area contributed by atoms with Gasteiger partial charge < -0.3 is 5.32 Å². The zero-order valence-electron chi connectivity index (χ0n) is 15.2. The highest BCUT2D eigenvalue weighted by Crippen LogP contribution is 2.26. The molecule has 27 heavy (non-hydrogen) atoms. The number of benzene rings is 2. The Labute approximate surface area is 161 Å². The minimum atomic E-state index is -0.426. The Morgan fingerprint density at radius 2 is 1.93 bits per heavy atom. The van der Waals surface area contributed by atoms with Crippen LogP contribution in [0.3, 0.4) is 0 Å². The van der Waals surface area contributed by atoms with Crippen LogP contribution >= 0.6 is 11.8 Å². The Morgan fingerprint density at radius 3 is 2.63 bits per heavy atom. The third kappa shape index (κ3) is 4.15. The van der Waals surface area contributed by atoms with Gasteiger partial charge in [-0.05, 0) is 60.5 Å². The zero-order chi connectivity index (χ0) is 19.4. The maximum atomic E-state index is 12.5. The third-order valence-electron chi connectivity index (χ3n) is 4.00. The van der Waals surface area contributed by atoms with Crippen molar-refractivity contribution in [3.63, 3.8) is 0 Å². The molecular weight excluding hydrogens is 360 g/mol. The van der Waals surface area contributed by atoms with E-state index in [1.54, 1.807) is 35.9 Å². The molecule has 0 saturated heterocycles. The van der Waals surface area contributed by atoms with Gasteiger partial charge >= 0.3 is 0 Å². The zero-order valence-corrected chi connectivity index (χ0v) is 16.0. The summed E-state index contributed by atoms with van der Waals surface area (Å²) < 4.78 is 1.66. The third-order valence-corrected chi connectivity index (χ3v) is 5.04. The van der Waals surface area contributed by atoms with Crippen LogP contribution in [0.4, 0.5) is 5.69 Å². The van der Waals surface area contributed by atoms with Crippen molar-refractivity contribution in [1.82, 2.24) is 20.2 Å².